The van der Waals surface area contributed by atoms with E-state index in [0.717, 1.165) is 35.1 Å². The molecule has 0 saturated carbocycles. The van der Waals surface area contributed by atoms with Gasteiger partial charge in [-0.3, -0.25) is 9.59 Å². The van der Waals surface area contributed by atoms with Crippen LogP contribution in [0.25, 0.3) is 0 Å². The van der Waals surface area contributed by atoms with Gasteiger partial charge < -0.3 is 15.0 Å². The molecule has 0 heterocycles. The van der Waals surface area contributed by atoms with E-state index in [1.165, 1.54) is 0 Å². The third kappa shape index (κ3) is 8.29. The molecule has 184 valence electrons. The fourth-order valence-corrected chi connectivity index (χ4v) is 4.00. The van der Waals surface area contributed by atoms with Crippen molar-refractivity contribution in [3.8, 4) is 5.75 Å². The summed E-state index contributed by atoms with van der Waals surface area (Å²) in [4.78, 5) is 28.6. The van der Waals surface area contributed by atoms with Crippen molar-refractivity contribution in [1.82, 2.24) is 10.2 Å². The molecular weight excluding hydrogens is 436 g/mol. The van der Waals surface area contributed by atoms with Crippen molar-refractivity contribution in [2.75, 3.05) is 13.2 Å². The van der Waals surface area contributed by atoms with Crippen LogP contribution in [-0.2, 0) is 22.6 Å². The van der Waals surface area contributed by atoms with E-state index < -0.39 is 6.04 Å². The predicted molar refractivity (Wildman–Crippen MR) is 140 cm³/mol. The number of carbonyl (C=O) groups is 2. The van der Waals surface area contributed by atoms with E-state index >= 15 is 0 Å². The first-order chi connectivity index (χ1) is 17.0. The van der Waals surface area contributed by atoms with Gasteiger partial charge in [0.05, 0.1) is 0 Å². The van der Waals surface area contributed by atoms with E-state index in [1.807, 2.05) is 86.6 Å². The van der Waals surface area contributed by atoms with E-state index in [0.29, 0.717) is 25.3 Å². The van der Waals surface area contributed by atoms with Crippen LogP contribution in [0.1, 0.15) is 42.0 Å². The molecule has 3 rings (SSSR count). The first-order valence-electron chi connectivity index (χ1n) is 12.3. The second kappa shape index (κ2) is 13.3. The van der Waals surface area contributed by atoms with Gasteiger partial charge in [-0.1, -0.05) is 85.6 Å². The lowest BCUT2D eigenvalue weighted by atomic mass is 10.0. The summed E-state index contributed by atoms with van der Waals surface area (Å²) >= 11 is 0. The third-order valence-corrected chi connectivity index (χ3v) is 5.89. The van der Waals surface area contributed by atoms with Gasteiger partial charge in [-0.05, 0) is 49.1 Å². The van der Waals surface area contributed by atoms with Crippen LogP contribution in [-0.4, -0.2) is 35.9 Å². The molecule has 2 amide bonds. The van der Waals surface area contributed by atoms with Crippen molar-refractivity contribution in [2.45, 2.75) is 52.6 Å². The quantitative estimate of drug-likeness (QED) is 0.367. The van der Waals surface area contributed by atoms with Gasteiger partial charge in [0, 0.05) is 19.5 Å². The normalized spacial score (nSPS) is 11.5. The molecule has 35 heavy (non-hydrogen) atoms. The summed E-state index contributed by atoms with van der Waals surface area (Å²) in [6.07, 6.45) is 2.31. The predicted octanol–water partition coefficient (Wildman–Crippen LogP) is 5.24. The Kier molecular flexibility index (Phi) is 9.91. The van der Waals surface area contributed by atoms with Gasteiger partial charge in [0.15, 0.2) is 6.61 Å². The minimum absolute atomic E-state index is 0.136. The van der Waals surface area contributed by atoms with Crippen molar-refractivity contribution >= 4 is 11.8 Å². The minimum atomic E-state index is -0.650. The largest absolute Gasteiger partial charge is 0.484 e. The zero-order valence-corrected chi connectivity index (χ0v) is 21.0. The second-order valence-electron chi connectivity index (χ2n) is 8.97. The fourth-order valence-electron chi connectivity index (χ4n) is 4.00. The Labute approximate surface area is 209 Å². The van der Waals surface area contributed by atoms with E-state index in [9.17, 15) is 9.59 Å². The molecule has 3 aromatic rings. The molecule has 0 spiro atoms. The summed E-state index contributed by atoms with van der Waals surface area (Å²) in [5, 5.41) is 3.04. The molecule has 0 unspecified atom stereocenters. The van der Waals surface area contributed by atoms with Crippen LogP contribution in [0.15, 0.2) is 78.9 Å². The molecule has 3 aromatic carbocycles. The molecule has 0 aromatic heterocycles. The molecule has 0 bridgehead atoms. The van der Waals surface area contributed by atoms with Crippen LogP contribution in [0.3, 0.4) is 0 Å². The molecule has 0 saturated heterocycles. The second-order valence-corrected chi connectivity index (χ2v) is 8.97. The number of ether oxygens (including phenoxy) is 1. The summed E-state index contributed by atoms with van der Waals surface area (Å²) in [7, 11) is 0. The third-order valence-electron chi connectivity index (χ3n) is 5.89. The zero-order chi connectivity index (χ0) is 25.0. The average Bonchev–Trinajstić information content (AvgIpc) is 2.85. The van der Waals surface area contributed by atoms with Gasteiger partial charge >= 0.3 is 0 Å². The lowest BCUT2D eigenvalue weighted by Crippen LogP contribution is -2.51. The monoisotopic (exact) mass is 472 g/mol. The number of hydrogen-bond donors (Lipinski definition) is 1. The first-order valence-corrected chi connectivity index (χ1v) is 12.3. The van der Waals surface area contributed by atoms with Gasteiger partial charge in [0.25, 0.3) is 5.91 Å². The van der Waals surface area contributed by atoms with Crippen LogP contribution in [0.4, 0.5) is 0 Å². The zero-order valence-electron chi connectivity index (χ0n) is 21.0. The number of unbranched alkanes of at least 4 members (excludes halogenated alkanes) is 1. The average molecular weight is 473 g/mol. The fraction of sp³-hybridized carbons (Fsp3) is 0.333. The van der Waals surface area contributed by atoms with Crippen LogP contribution in [0, 0.1) is 13.8 Å². The highest BCUT2D eigenvalue weighted by Crippen LogP contribution is 2.17. The summed E-state index contributed by atoms with van der Waals surface area (Å²) < 4.78 is 5.85. The van der Waals surface area contributed by atoms with Crippen LogP contribution >= 0.6 is 0 Å². The van der Waals surface area contributed by atoms with Crippen LogP contribution < -0.4 is 10.1 Å². The summed E-state index contributed by atoms with van der Waals surface area (Å²) in [5.74, 6) is 0.277. The number of nitrogens with zero attached hydrogens (tertiary/aromatic N) is 1. The summed E-state index contributed by atoms with van der Waals surface area (Å²) in [6.45, 7) is 6.88. The lowest BCUT2D eigenvalue weighted by Gasteiger charge is -2.31. The maximum atomic E-state index is 13.6. The van der Waals surface area contributed by atoms with E-state index in [1.54, 1.807) is 4.90 Å². The molecule has 0 aliphatic carbocycles. The van der Waals surface area contributed by atoms with Crippen molar-refractivity contribution < 1.29 is 14.3 Å². The van der Waals surface area contributed by atoms with Crippen molar-refractivity contribution in [3.05, 3.63) is 101 Å². The number of aryl methyl sites for hydroxylation is 2. The maximum absolute atomic E-state index is 13.6. The molecule has 1 N–H and O–H groups in total. The number of nitrogens with one attached hydrogen (secondary N) is 1. The standard InChI is InChI=1S/C30H36N2O3/c1-4-5-17-31-30(34)28(20-25-13-7-6-8-14-25)32(21-26-15-9-11-23(2)18-26)29(33)22-35-27-16-10-12-24(3)19-27/h6-16,18-19,28H,4-5,17,20-22H2,1-3H3,(H,31,34)/t28-/m1/s1. The molecule has 0 fully saturated rings. The smallest absolute Gasteiger partial charge is 0.261 e. The Bertz CT molecular complexity index is 1100. The number of benzene rings is 3. The molecule has 0 aliphatic rings. The van der Waals surface area contributed by atoms with Gasteiger partial charge in [-0.25, -0.2) is 0 Å². The van der Waals surface area contributed by atoms with Gasteiger partial charge in [0.2, 0.25) is 5.91 Å². The van der Waals surface area contributed by atoms with E-state index in [-0.39, 0.29) is 18.4 Å². The maximum Gasteiger partial charge on any atom is 0.261 e. The minimum Gasteiger partial charge on any atom is -0.484 e. The van der Waals surface area contributed by atoms with E-state index in [4.69, 9.17) is 4.74 Å². The number of rotatable bonds is 12. The first kappa shape index (κ1) is 26.0. The van der Waals surface area contributed by atoms with Gasteiger partial charge in [0.1, 0.15) is 11.8 Å². The molecule has 5 heteroatoms. The van der Waals surface area contributed by atoms with Crippen molar-refractivity contribution in [3.63, 3.8) is 0 Å². The van der Waals surface area contributed by atoms with Crippen LogP contribution in [0.5, 0.6) is 5.75 Å². The highest BCUT2D eigenvalue weighted by Gasteiger charge is 2.30. The Hall–Kier alpha value is -3.60. The van der Waals surface area contributed by atoms with Gasteiger partial charge in [-0.2, -0.15) is 0 Å². The molecule has 5 nitrogen and oxygen atoms in total. The van der Waals surface area contributed by atoms with Gasteiger partial charge in [-0.15, -0.1) is 0 Å². The highest BCUT2D eigenvalue weighted by atomic mass is 16.5. The number of carbonyl (C=O) groups excluding carboxylic acids is 2. The molecule has 1 atom stereocenters. The summed E-state index contributed by atoms with van der Waals surface area (Å²) in [6, 6.07) is 24.8. The Balaban J connectivity index is 1.88. The Morgan fingerprint density at radius 2 is 1.57 bits per heavy atom. The molecular formula is C30H36N2O3. The van der Waals surface area contributed by atoms with Crippen molar-refractivity contribution in [2.24, 2.45) is 0 Å². The number of hydrogen-bond acceptors (Lipinski definition) is 3. The Morgan fingerprint density at radius 3 is 2.26 bits per heavy atom. The van der Waals surface area contributed by atoms with Crippen LogP contribution in [0.2, 0.25) is 0 Å². The summed E-state index contributed by atoms with van der Waals surface area (Å²) in [5.41, 5.74) is 4.15. The highest BCUT2D eigenvalue weighted by molar-refractivity contribution is 5.88. The molecule has 0 aliphatic heterocycles. The SMILES string of the molecule is CCCCNC(=O)[C@@H](Cc1ccccc1)N(Cc1cccc(C)c1)C(=O)COc1cccc(C)c1. The van der Waals surface area contributed by atoms with E-state index in [2.05, 4.69) is 18.3 Å². The van der Waals surface area contributed by atoms with Crippen molar-refractivity contribution in [1.29, 1.82) is 0 Å². The topological polar surface area (TPSA) is 58.6 Å². The lowest BCUT2D eigenvalue weighted by molar-refractivity contribution is -0.142. The number of amides is 2. The Morgan fingerprint density at radius 1 is 0.886 bits per heavy atom. The molecule has 0 radical (unpaired) electrons.